The van der Waals surface area contributed by atoms with Crippen molar-refractivity contribution >= 4 is 0 Å². The topological polar surface area (TPSA) is 12.0 Å². The fourth-order valence-electron chi connectivity index (χ4n) is 0.728. The van der Waals surface area contributed by atoms with E-state index in [0.717, 1.165) is 0 Å². The standard InChI is InChI=1S/C8H18FN/c1-6(2)8(9)5-7(3)10-4/h6-8,10H,5H2,1-4H3. The second-order valence-corrected chi connectivity index (χ2v) is 3.19. The summed E-state index contributed by atoms with van der Waals surface area (Å²) in [6.07, 6.45) is -0.0452. The van der Waals surface area contributed by atoms with Crippen LogP contribution in [0.25, 0.3) is 0 Å². The molecule has 1 nitrogen and oxygen atoms in total. The summed E-state index contributed by atoms with van der Waals surface area (Å²) in [5.74, 6) is 0.149. The normalized spacial score (nSPS) is 17.4. The maximum Gasteiger partial charge on any atom is 0.104 e. The smallest absolute Gasteiger partial charge is 0.104 e. The van der Waals surface area contributed by atoms with E-state index < -0.39 is 6.17 Å². The molecule has 0 saturated carbocycles. The van der Waals surface area contributed by atoms with Crippen molar-refractivity contribution in [2.75, 3.05) is 7.05 Å². The molecule has 1 N–H and O–H groups in total. The molecular weight excluding hydrogens is 129 g/mol. The molecule has 10 heavy (non-hydrogen) atoms. The lowest BCUT2D eigenvalue weighted by Crippen LogP contribution is -2.27. The Morgan fingerprint density at radius 1 is 1.30 bits per heavy atom. The molecule has 0 saturated heterocycles. The van der Waals surface area contributed by atoms with Gasteiger partial charge in [0.05, 0.1) is 0 Å². The first-order chi connectivity index (χ1) is 4.57. The van der Waals surface area contributed by atoms with Crippen molar-refractivity contribution in [1.82, 2.24) is 5.32 Å². The van der Waals surface area contributed by atoms with Crippen LogP contribution in [0.5, 0.6) is 0 Å². The Balaban J connectivity index is 3.46. The minimum atomic E-state index is -0.664. The van der Waals surface area contributed by atoms with Crippen LogP contribution in [0.15, 0.2) is 0 Å². The molecule has 0 amide bonds. The molecule has 0 aliphatic carbocycles. The summed E-state index contributed by atoms with van der Waals surface area (Å²) in [5.41, 5.74) is 0. The van der Waals surface area contributed by atoms with Gasteiger partial charge in [0, 0.05) is 6.04 Å². The van der Waals surface area contributed by atoms with Crippen LogP contribution in [0.1, 0.15) is 27.2 Å². The molecule has 2 atom stereocenters. The van der Waals surface area contributed by atoms with Gasteiger partial charge in [0.15, 0.2) is 0 Å². The first kappa shape index (κ1) is 9.89. The van der Waals surface area contributed by atoms with E-state index in [2.05, 4.69) is 5.32 Å². The minimum Gasteiger partial charge on any atom is -0.317 e. The predicted molar refractivity (Wildman–Crippen MR) is 42.9 cm³/mol. The molecule has 2 unspecified atom stereocenters. The molecule has 0 rings (SSSR count). The summed E-state index contributed by atoms with van der Waals surface area (Å²) in [6.45, 7) is 5.81. The van der Waals surface area contributed by atoms with Crippen LogP contribution < -0.4 is 5.32 Å². The SMILES string of the molecule is CNC(C)CC(F)C(C)C. The van der Waals surface area contributed by atoms with Gasteiger partial charge >= 0.3 is 0 Å². The van der Waals surface area contributed by atoms with Crippen LogP contribution in [0.2, 0.25) is 0 Å². The third kappa shape index (κ3) is 3.83. The van der Waals surface area contributed by atoms with Gasteiger partial charge in [-0.1, -0.05) is 13.8 Å². The monoisotopic (exact) mass is 147 g/mol. The van der Waals surface area contributed by atoms with Crippen molar-refractivity contribution in [3.05, 3.63) is 0 Å². The van der Waals surface area contributed by atoms with Gasteiger partial charge in [-0.2, -0.15) is 0 Å². The van der Waals surface area contributed by atoms with Crippen molar-refractivity contribution in [3.8, 4) is 0 Å². The lowest BCUT2D eigenvalue weighted by atomic mass is 10.0. The average Bonchev–Trinajstić information content (AvgIpc) is 1.87. The van der Waals surface area contributed by atoms with Gasteiger partial charge < -0.3 is 5.32 Å². The second-order valence-electron chi connectivity index (χ2n) is 3.19. The largest absolute Gasteiger partial charge is 0.317 e. The molecule has 2 heteroatoms. The van der Waals surface area contributed by atoms with Crippen molar-refractivity contribution in [3.63, 3.8) is 0 Å². The molecular formula is C8H18FN. The number of hydrogen-bond donors (Lipinski definition) is 1. The van der Waals surface area contributed by atoms with E-state index in [-0.39, 0.29) is 12.0 Å². The van der Waals surface area contributed by atoms with E-state index in [0.29, 0.717) is 6.42 Å². The van der Waals surface area contributed by atoms with Crippen molar-refractivity contribution in [2.45, 2.75) is 39.4 Å². The lowest BCUT2D eigenvalue weighted by molar-refractivity contribution is 0.223. The molecule has 0 aliphatic rings. The van der Waals surface area contributed by atoms with Crippen LogP contribution in [0.3, 0.4) is 0 Å². The Labute approximate surface area is 63.0 Å². The highest BCUT2D eigenvalue weighted by atomic mass is 19.1. The summed E-state index contributed by atoms with van der Waals surface area (Å²) in [5, 5.41) is 3.01. The number of hydrogen-bond acceptors (Lipinski definition) is 1. The molecule has 0 aromatic carbocycles. The molecule has 0 bridgehead atoms. The van der Waals surface area contributed by atoms with Gasteiger partial charge in [-0.15, -0.1) is 0 Å². The third-order valence-corrected chi connectivity index (χ3v) is 1.79. The summed E-state index contributed by atoms with van der Waals surface area (Å²) in [7, 11) is 1.86. The quantitative estimate of drug-likeness (QED) is 0.641. The van der Waals surface area contributed by atoms with Crippen molar-refractivity contribution in [2.24, 2.45) is 5.92 Å². The molecule has 0 aliphatic heterocycles. The predicted octanol–water partition coefficient (Wildman–Crippen LogP) is 1.98. The molecule has 0 aromatic rings. The van der Waals surface area contributed by atoms with Gasteiger partial charge in [-0.3, -0.25) is 0 Å². The van der Waals surface area contributed by atoms with Crippen LogP contribution in [0.4, 0.5) is 4.39 Å². The number of rotatable bonds is 4. The van der Waals surface area contributed by atoms with Crippen LogP contribution in [0, 0.1) is 5.92 Å². The molecule has 0 radical (unpaired) electrons. The van der Waals surface area contributed by atoms with E-state index in [1.54, 1.807) is 0 Å². The van der Waals surface area contributed by atoms with Gasteiger partial charge in [0.25, 0.3) is 0 Å². The van der Waals surface area contributed by atoms with Gasteiger partial charge in [-0.05, 0) is 26.3 Å². The first-order valence-corrected chi connectivity index (χ1v) is 3.89. The van der Waals surface area contributed by atoms with Gasteiger partial charge in [0.2, 0.25) is 0 Å². The zero-order valence-corrected chi connectivity index (χ0v) is 7.32. The van der Waals surface area contributed by atoms with Gasteiger partial charge in [0.1, 0.15) is 6.17 Å². The molecule has 0 fully saturated rings. The fourth-order valence-corrected chi connectivity index (χ4v) is 0.728. The number of halogens is 1. The Morgan fingerprint density at radius 3 is 2.10 bits per heavy atom. The number of nitrogens with one attached hydrogen (secondary N) is 1. The van der Waals surface area contributed by atoms with E-state index in [4.69, 9.17) is 0 Å². The summed E-state index contributed by atoms with van der Waals surface area (Å²) in [4.78, 5) is 0. The Kier molecular flexibility index (Phi) is 4.62. The number of alkyl halides is 1. The van der Waals surface area contributed by atoms with Crippen molar-refractivity contribution < 1.29 is 4.39 Å². The minimum absolute atomic E-state index is 0.149. The Morgan fingerprint density at radius 2 is 1.80 bits per heavy atom. The zero-order chi connectivity index (χ0) is 8.15. The van der Waals surface area contributed by atoms with Crippen LogP contribution in [-0.2, 0) is 0 Å². The fraction of sp³-hybridized carbons (Fsp3) is 1.00. The highest BCUT2D eigenvalue weighted by Crippen LogP contribution is 2.11. The molecule has 0 spiro atoms. The van der Waals surface area contributed by atoms with Crippen LogP contribution in [-0.4, -0.2) is 19.3 Å². The summed E-state index contributed by atoms with van der Waals surface area (Å²) in [6, 6.07) is 0.289. The maximum absolute atomic E-state index is 12.9. The zero-order valence-electron chi connectivity index (χ0n) is 7.32. The van der Waals surface area contributed by atoms with E-state index in [9.17, 15) is 4.39 Å². The van der Waals surface area contributed by atoms with E-state index in [1.165, 1.54) is 0 Å². The van der Waals surface area contributed by atoms with Crippen LogP contribution >= 0.6 is 0 Å². The Hall–Kier alpha value is -0.110. The molecule has 0 aromatic heterocycles. The lowest BCUT2D eigenvalue weighted by Gasteiger charge is -2.16. The average molecular weight is 147 g/mol. The Bertz CT molecular complexity index is 83.3. The third-order valence-electron chi connectivity index (χ3n) is 1.79. The molecule has 0 heterocycles. The van der Waals surface area contributed by atoms with Gasteiger partial charge in [-0.25, -0.2) is 4.39 Å². The molecule has 62 valence electrons. The van der Waals surface area contributed by atoms with Crippen molar-refractivity contribution in [1.29, 1.82) is 0 Å². The van der Waals surface area contributed by atoms with E-state index in [1.807, 2.05) is 27.8 Å². The summed E-state index contributed by atoms with van der Waals surface area (Å²) < 4.78 is 12.9. The van der Waals surface area contributed by atoms with E-state index >= 15 is 0 Å². The maximum atomic E-state index is 12.9. The highest BCUT2D eigenvalue weighted by Gasteiger charge is 2.13. The first-order valence-electron chi connectivity index (χ1n) is 3.89. The highest BCUT2D eigenvalue weighted by molar-refractivity contribution is 4.67. The summed E-state index contributed by atoms with van der Waals surface area (Å²) >= 11 is 0. The second kappa shape index (κ2) is 4.67.